The van der Waals surface area contributed by atoms with Gasteiger partial charge in [-0.25, -0.2) is 4.98 Å². The van der Waals surface area contributed by atoms with Crippen molar-refractivity contribution >= 4 is 5.91 Å². The highest BCUT2D eigenvalue weighted by Crippen LogP contribution is 2.23. The molecule has 1 aliphatic rings. The molecule has 2 heterocycles. The summed E-state index contributed by atoms with van der Waals surface area (Å²) in [5.74, 6) is -0.0616. The van der Waals surface area contributed by atoms with Crippen LogP contribution in [0.2, 0.25) is 0 Å². The maximum atomic E-state index is 12.6. The molecular formula is C15H16N4O. The van der Waals surface area contributed by atoms with Gasteiger partial charge in [0.2, 0.25) is 0 Å². The highest BCUT2D eigenvalue weighted by molar-refractivity contribution is 5.92. The fourth-order valence-corrected chi connectivity index (χ4v) is 2.48. The van der Waals surface area contributed by atoms with Gasteiger partial charge in [0, 0.05) is 32.0 Å². The molecule has 1 aromatic heterocycles. The summed E-state index contributed by atoms with van der Waals surface area (Å²) in [6.45, 7) is 2.24. The van der Waals surface area contributed by atoms with Crippen molar-refractivity contribution < 1.29 is 4.79 Å². The topological polar surface area (TPSA) is 58.1 Å². The minimum absolute atomic E-state index is 0.0412. The number of carbonyl (C=O) groups is 1. The lowest BCUT2D eigenvalue weighted by atomic mass is 10.0. The molecule has 3 rings (SSSR count). The fraction of sp³-hybridized carbons (Fsp3) is 0.267. The van der Waals surface area contributed by atoms with E-state index >= 15 is 0 Å². The monoisotopic (exact) mass is 268 g/mol. The van der Waals surface area contributed by atoms with Crippen molar-refractivity contribution in [2.75, 3.05) is 19.6 Å². The van der Waals surface area contributed by atoms with Crippen LogP contribution in [0.25, 0.3) is 0 Å². The molecular weight excluding hydrogens is 252 g/mol. The normalized spacial score (nSPS) is 18.8. The summed E-state index contributed by atoms with van der Waals surface area (Å²) < 4.78 is 0. The number of nitrogens with one attached hydrogen (secondary N) is 1. The van der Waals surface area contributed by atoms with Crippen LogP contribution in [0, 0.1) is 0 Å². The third-order valence-electron chi connectivity index (χ3n) is 3.47. The van der Waals surface area contributed by atoms with Crippen LogP contribution in [-0.4, -0.2) is 40.4 Å². The average molecular weight is 268 g/mol. The van der Waals surface area contributed by atoms with Gasteiger partial charge in [-0.2, -0.15) is 0 Å². The van der Waals surface area contributed by atoms with E-state index in [9.17, 15) is 4.79 Å². The van der Waals surface area contributed by atoms with Crippen LogP contribution in [-0.2, 0) is 0 Å². The lowest BCUT2D eigenvalue weighted by Crippen LogP contribution is -2.48. The maximum Gasteiger partial charge on any atom is 0.274 e. The Morgan fingerprint density at radius 3 is 2.85 bits per heavy atom. The van der Waals surface area contributed by atoms with Crippen LogP contribution in [0.5, 0.6) is 0 Å². The van der Waals surface area contributed by atoms with Crippen molar-refractivity contribution in [3.63, 3.8) is 0 Å². The Hall–Kier alpha value is -2.27. The largest absolute Gasteiger partial charge is 0.328 e. The van der Waals surface area contributed by atoms with E-state index in [1.165, 1.54) is 6.20 Å². The summed E-state index contributed by atoms with van der Waals surface area (Å²) in [6.07, 6.45) is 4.64. The van der Waals surface area contributed by atoms with Gasteiger partial charge in [-0.05, 0) is 5.56 Å². The Morgan fingerprint density at radius 2 is 2.10 bits per heavy atom. The Bertz CT molecular complexity index is 573. The summed E-state index contributed by atoms with van der Waals surface area (Å²) >= 11 is 0. The lowest BCUT2D eigenvalue weighted by Gasteiger charge is -2.36. The van der Waals surface area contributed by atoms with Gasteiger partial charge in [0.1, 0.15) is 5.69 Å². The molecule has 0 saturated carbocycles. The van der Waals surface area contributed by atoms with Crippen molar-refractivity contribution in [3.8, 4) is 0 Å². The average Bonchev–Trinajstić information content (AvgIpc) is 2.56. The van der Waals surface area contributed by atoms with E-state index in [1.54, 1.807) is 12.4 Å². The molecule has 102 valence electrons. The third kappa shape index (κ3) is 2.53. The van der Waals surface area contributed by atoms with Crippen molar-refractivity contribution in [2.45, 2.75) is 6.04 Å². The summed E-state index contributed by atoms with van der Waals surface area (Å²) in [7, 11) is 0. The van der Waals surface area contributed by atoms with Crippen LogP contribution < -0.4 is 5.32 Å². The first kappa shape index (κ1) is 12.7. The summed E-state index contributed by atoms with van der Waals surface area (Å²) in [5, 5.41) is 3.34. The number of hydrogen-bond acceptors (Lipinski definition) is 4. The number of hydrogen-bond donors (Lipinski definition) is 1. The Kier molecular flexibility index (Phi) is 3.69. The van der Waals surface area contributed by atoms with E-state index < -0.39 is 0 Å². The molecule has 1 unspecified atom stereocenters. The van der Waals surface area contributed by atoms with Gasteiger partial charge in [-0.15, -0.1) is 0 Å². The van der Waals surface area contributed by atoms with Crippen LogP contribution in [0.4, 0.5) is 0 Å². The Morgan fingerprint density at radius 1 is 1.25 bits per heavy atom. The lowest BCUT2D eigenvalue weighted by molar-refractivity contribution is 0.0627. The van der Waals surface area contributed by atoms with Crippen molar-refractivity contribution in [1.82, 2.24) is 20.2 Å². The molecule has 1 atom stereocenters. The molecule has 2 aromatic rings. The molecule has 1 saturated heterocycles. The van der Waals surface area contributed by atoms with E-state index in [2.05, 4.69) is 27.4 Å². The highest BCUT2D eigenvalue weighted by Gasteiger charge is 2.29. The second-order valence-electron chi connectivity index (χ2n) is 4.72. The van der Waals surface area contributed by atoms with Gasteiger partial charge >= 0.3 is 0 Å². The number of benzene rings is 1. The van der Waals surface area contributed by atoms with E-state index in [0.29, 0.717) is 12.2 Å². The summed E-state index contributed by atoms with van der Waals surface area (Å²) in [5.41, 5.74) is 1.53. The van der Waals surface area contributed by atoms with Crippen molar-refractivity contribution in [2.24, 2.45) is 0 Å². The molecule has 0 spiro atoms. The molecule has 0 aliphatic carbocycles. The zero-order valence-electron chi connectivity index (χ0n) is 11.1. The Labute approximate surface area is 117 Å². The molecule has 1 aliphatic heterocycles. The molecule has 5 heteroatoms. The van der Waals surface area contributed by atoms with E-state index in [4.69, 9.17) is 0 Å². The predicted molar refractivity (Wildman–Crippen MR) is 75.1 cm³/mol. The number of nitrogens with zero attached hydrogens (tertiary/aromatic N) is 3. The SMILES string of the molecule is O=C(c1cnccn1)N1CCNCC1c1ccccc1. The summed E-state index contributed by atoms with van der Waals surface area (Å²) in [6, 6.07) is 10.1. The highest BCUT2D eigenvalue weighted by atomic mass is 16.2. The van der Waals surface area contributed by atoms with Gasteiger partial charge < -0.3 is 10.2 Å². The van der Waals surface area contributed by atoms with Crippen LogP contribution in [0.15, 0.2) is 48.9 Å². The van der Waals surface area contributed by atoms with Crippen LogP contribution in [0.3, 0.4) is 0 Å². The predicted octanol–water partition coefficient (Wildman–Crippen LogP) is 1.26. The fourth-order valence-electron chi connectivity index (χ4n) is 2.48. The smallest absolute Gasteiger partial charge is 0.274 e. The summed E-state index contributed by atoms with van der Waals surface area (Å²) in [4.78, 5) is 22.5. The van der Waals surface area contributed by atoms with Crippen molar-refractivity contribution in [1.29, 1.82) is 0 Å². The minimum Gasteiger partial charge on any atom is -0.328 e. The van der Waals surface area contributed by atoms with Gasteiger partial charge in [-0.1, -0.05) is 30.3 Å². The zero-order chi connectivity index (χ0) is 13.8. The van der Waals surface area contributed by atoms with E-state index in [1.807, 2.05) is 23.1 Å². The number of carbonyl (C=O) groups excluding carboxylic acids is 1. The molecule has 20 heavy (non-hydrogen) atoms. The van der Waals surface area contributed by atoms with Crippen LogP contribution in [0.1, 0.15) is 22.1 Å². The first-order valence-electron chi connectivity index (χ1n) is 6.69. The molecule has 0 radical (unpaired) electrons. The second kappa shape index (κ2) is 5.79. The van der Waals surface area contributed by atoms with E-state index in [-0.39, 0.29) is 11.9 Å². The molecule has 1 fully saturated rings. The number of rotatable bonds is 2. The quantitative estimate of drug-likeness (QED) is 0.891. The van der Waals surface area contributed by atoms with Crippen LogP contribution >= 0.6 is 0 Å². The molecule has 1 amide bonds. The van der Waals surface area contributed by atoms with Gasteiger partial charge in [-0.3, -0.25) is 9.78 Å². The zero-order valence-corrected chi connectivity index (χ0v) is 11.1. The first-order chi connectivity index (χ1) is 9.86. The second-order valence-corrected chi connectivity index (χ2v) is 4.72. The number of aromatic nitrogens is 2. The molecule has 0 bridgehead atoms. The minimum atomic E-state index is -0.0616. The van der Waals surface area contributed by atoms with Gasteiger partial charge in [0.05, 0.1) is 12.2 Å². The van der Waals surface area contributed by atoms with E-state index in [0.717, 1.165) is 18.7 Å². The number of piperazine rings is 1. The first-order valence-corrected chi connectivity index (χ1v) is 6.69. The Balaban J connectivity index is 1.88. The van der Waals surface area contributed by atoms with Gasteiger partial charge in [0.25, 0.3) is 5.91 Å². The molecule has 1 aromatic carbocycles. The molecule has 1 N–H and O–H groups in total. The van der Waals surface area contributed by atoms with Crippen molar-refractivity contribution in [3.05, 3.63) is 60.2 Å². The third-order valence-corrected chi connectivity index (χ3v) is 3.47. The van der Waals surface area contributed by atoms with Gasteiger partial charge in [0.15, 0.2) is 0 Å². The standard InChI is InChI=1S/C15H16N4O/c20-15(13-10-16-6-7-18-13)19-9-8-17-11-14(19)12-4-2-1-3-5-12/h1-7,10,14,17H,8-9,11H2. The number of amides is 1. The molecule has 5 nitrogen and oxygen atoms in total. The maximum absolute atomic E-state index is 12.6.